The van der Waals surface area contributed by atoms with Crippen molar-refractivity contribution in [3.8, 4) is 0 Å². The van der Waals surface area contributed by atoms with Gasteiger partial charge in [0.05, 0.1) is 18.6 Å². The maximum atomic E-state index is 12.6. The Morgan fingerprint density at radius 1 is 1.40 bits per heavy atom. The topological polar surface area (TPSA) is 84.7 Å². The second-order valence-corrected chi connectivity index (χ2v) is 6.03. The summed E-state index contributed by atoms with van der Waals surface area (Å²) < 4.78 is 5.34. The van der Waals surface area contributed by atoms with Crippen LogP contribution in [0.15, 0.2) is 0 Å². The van der Waals surface area contributed by atoms with Gasteiger partial charge in [-0.15, -0.1) is 0 Å². The molecule has 6 nitrogen and oxygen atoms in total. The number of nitrogens with zero attached hydrogens (tertiary/aromatic N) is 1. The summed E-state index contributed by atoms with van der Waals surface area (Å²) in [6.45, 7) is 5.94. The van der Waals surface area contributed by atoms with E-state index in [1.807, 2.05) is 18.7 Å². The van der Waals surface area contributed by atoms with Gasteiger partial charge in [0.1, 0.15) is 0 Å². The van der Waals surface area contributed by atoms with Crippen LogP contribution in [-0.2, 0) is 14.3 Å². The summed E-state index contributed by atoms with van der Waals surface area (Å²) in [7, 11) is 0. The average Bonchev–Trinajstić information content (AvgIpc) is 2.80. The molecule has 114 valence electrons. The third-order valence-corrected chi connectivity index (χ3v) is 4.47. The fourth-order valence-electron chi connectivity index (χ4n) is 2.83. The van der Waals surface area contributed by atoms with E-state index in [4.69, 9.17) is 10.5 Å². The number of hydrogen-bond donors (Lipinski definition) is 2. The number of nitrogens with one attached hydrogen (secondary N) is 1. The Bertz CT molecular complexity index is 380. The number of piperidine rings is 1. The molecule has 0 aromatic carbocycles. The molecule has 2 unspecified atom stereocenters. The van der Waals surface area contributed by atoms with Crippen molar-refractivity contribution in [3.63, 3.8) is 0 Å². The molecule has 0 aromatic rings. The number of amides is 2. The van der Waals surface area contributed by atoms with Gasteiger partial charge in [-0.2, -0.15) is 0 Å². The van der Waals surface area contributed by atoms with Crippen LogP contribution < -0.4 is 11.1 Å². The molecule has 0 spiro atoms. The first-order valence-electron chi connectivity index (χ1n) is 7.39. The molecule has 2 amide bonds. The summed E-state index contributed by atoms with van der Waals surface area (Å²) in [6, 6.07) is -0.0414. The van der Waals surface area contributed by atoms with E-state index in [-0.39, 0.29) is 23.9 Å². The SMILES string of the molecule is CCC(=O)NC1CCN(C(=O)C2(C)COCC2N)CC1. The predicted octanol–water partition coefficient (Wildman–Crippen LogP) is -0.133. The Morgan fingerprint density at radius 2 is 2.05 bits per heavy atom. The molecule has 0 saturated carbocycles. The van der Waals surface area contributed by atoms with Gasteiger partial charge in [0.25, 0.3) is 0 Å². The molecule has 3 N–H and O–H groups in total. The van der Waals surface area contributed by atoms with Gasteiger partial charge in [0.15, 0.2) is 0 Å². The molecule has 2 fully saturated rings. The Kier molecular flexibility index (Phi) is 4.65. The van der Waals surface area contributed by atoms with Crippen LogP contribution in [0.3, 0.4) is 0 Å². The van der Waals surface area contributed by atoms with Crippen molar-refractivity contribution in [2.24, 2.45) is 11.1 Å². The van der Waals surface area contributed by atoms with Gasteiger partial charge < -0.3 is 20.7 Å². The van der Waals surface area contributed by atoms with Gasteiger partial charge in [-0.1, -0.05) is 6.92 Å². The standard InChI is InChI=1S/C14H25N3O3/c1-3-12(18)16-10-4-6-17(7-5-10)13(19)14(2)9-20-8-11(14)15/h10-11H,3-9,15H2,1-2H3,(H,16,18). The first kappa shape index (κ1) is 15.3. The minimum absolute atomic E-state index is 0.0768. The molecule has 0 aromatic heterocycles. The molecule has 2 atom stereocenters. The summed E-state index contributed by atoms with van der Waals surface area (Å²) in [5.41, 5.74) is 5.40. The number of ether oxygens (including phenoxy) is 1. The molecule has 2 aliphatic heterocycles. The van der Waals surface area contributed by atoms with Gasteiger partial charge in [-0.3, -0.25) is 9.59 Å². The highest BCUT2D eigenvalue weighted by Crippen LogP contribution is 2.30. The molecular formula is C14H25N3O3. The maximum Gasteiger partial charge on any atom is 0.232 e. The van der Waals surface area contributed by atoms with E-state index < -0.39 is 5.41 Å². The van der Waals surface area contributed by atoms with Gasteiger partial charge in [0.2, 0.25) is 11.8 Å². The highest BCUT2D eigenvalue weighted by Gasteiger charge is 2.46. The molecule has 2 aliphatic rings. The van der Waals surface area contributed by atoms with Crippen molar-refractivity contribution in [1.29, 1.82) is 0 Å². The molecule has 2 rings (SSSR count). The van der Waals surface area contributed by atoms with Crippen LogP contribution in [0, 0.1) is 5.41 Å². The summed E-state index contributed by atoms with van der Waals surface area (Å²) in [5, 5.41) is 2.99. The quantitative estimate of drug-likeness (QED) is 0.755. The summed E-state index contributed by atoms with van der Waals surface area (Å²) in [4.78, 5) is 25.8. The third kappa shape index (κ3) is 2.96. The number of carbonyl (C=O) groups is 2. The number of likely N-dealkylation sites (tertiary alicyclic amines) is 1. The maximum absolute atomic E-state index is 12.6. The summed E-state index contributed by atoms with van der Waals surface area (Å²) in [6.07, 6.45) is 2.12. The lowest BCUT2D eigenvalue weighted by molar-refractivity contribution is -0.143. The summed E-state index contributed by atoms with van der Waals surface area (Å²) >= 11 is 0. The number of rotatable bonds is 3. The lowest BCUT2D eigenvalue weighted by Crippen LogP contribution is -2.55. The molecule has 2 saturated heterocycles. The Hall–Kier alpha value is -1.14. The second-order valence-electron chi connectivity index (χ2n) is 6.03. The zero-order valence-corrected chi connectivity index (χ0v) is 12.4. The lowest BCUT2D eigenvalue weighted by atomic mass is 9.83. The van der Waals surface area contributed by atoms with E-state index >= 15 is 0 Å². The average molecular weight is 283 g/mol. The first-order chi connectivity index (χ1) is 9.47. The first-order valence-corrected chi connectivity index (χ1v) is 7.39. The van der Waals surface area contributed by atoms with Crippen LogP contribution in [0.1, 0.15) is 33.1 Å². The lowest BCUT2D eigenvalue weighted by Gasteiger charge is -2.37. The normalized spacial score (nSPS) is 31.4. The van der Waals surface area contributed by atoms with Crippen LogP contribution in [0.2, 0.25) is 0 Å². The molecule has 0 bridgehead atoms. The monoisotopic (exact) mass is 283 g/mol. The van der Waals surface area contributed by atoms with Crippen molar-refractivity contribution in [2.45, 2.75) is 45.2 Å². The van der Waals surface area contributed by atoms with Crippen LogP contribution in [0.25, 0.3) is 0 Å². The smallest absolute Gasteiger partial charge is 0.232 e. The van der Waals surface area contributed by atoms with E-state index in [0.717, 1.165) is 12.8 Å². The fraction of sp³-hybridized carbons (Fsp3) is 0.857. The third-order valence-electron chi connectivity index (χ3n) is 4.47. The highest BCUT2D eigenvalue weighted by atomic mass is 16.5. The van der Waals surface area contributed by atoms with Crippen molar-refractivity contribution in [1.82, 2.24) is 10.2 Å². The highest BCUT2D eigenvalue weighted by molar-refractivity contribution is 5.84. The predicted molar refractivity (Wildman–Crippen MR) is 74.9 cm³/mol. The number of carbonyl (C=O) groups excluding carboxylic acids is 2. The minimum atomic E-state index is -0.598. The van der Waals surface area contributed by atoms with Crippen molar-refractivity contribution >= 4 is 11.8 Å². The summed E-state index contributed by atoms with van der Waals surface area (Å²) in [5.74, 6) is 0.163. The van der Waals surface area contributed by atoms with Crippen LogP contribution >= 0.6 is 0 Å². The van der Waals surface area contributed by atoms with Crippen LogP contribution in [0.4, 0.5) is 0 Å². The second kappa shape index (κ2) is 6.10. The number of hydrogen-bond acceptors (Lipinski definition) is 4. The van der Waals surface area contributed by atoms with Gasteiger partial charge in [-0.05, 0) is 19.8 Å². The molecule has 2 heterocycles. The van der Waals surface area contributed by atoms with Crippen molar-refractivity contribution < 1.29 is 14.3 Å². The molecule has 0 aliphatic carbocycles. The van der Waals surface area contributed by atoms with Crippen molar-refractivity contribution in [2.75, 3.05) is 26.3 Å². The number of nitrogens with two attached hydrogens (primary N) is 1. The molecule has 6 heteroatoms. The van der Waals surface area contributed by atoms with E-state index in [9.17, 15) is 9.59 Å². The van der Waals surface area contributed by atoms with Crippen LogP contribution in [-0.4, -0.2) is 55.1 Å². The molecular weight excluding hydrogens is 258 g/mol. The van der Waals surface area contributed by atoms with Gasteiger partial charge in [0, 0.05) is 31.6 Å². The Labute approximate surface area is 120 Å². The van der Waals surface area contributed by atoms with Crippen LogP contribution in [0.5, 0.6) is 0 Å². The van der Waals surface area contributed by atoms with E-state index in [1.54, 1.807) is 0 Å². The van der Waals surface area contributed by atoms with Crippen molar-refractivity contribution in [3.05, 3.63) is 0 Å². The molecule has 20 heavy (non-hydrogen) atoms. The minimum Gasteiger partial charge on any atom is -0.379 e. The van der Waals surface area contributed by atoms with E-state index in [1.165, 1.54) is 0 Å². The fourth-order valence-corrected chi connectivity index (χ4v) is 2.83. The van der Waals surface area contributed by atoms with E-state index in [2.05, 4.69) is 5.32 Å². The Morgan fingerprint density at radius 3 is 2.55 bits per heavy atom. The van der Waals surface area contributed by atoms with Gasteiger partial charge in [-0.25, -0.2) is 0 Å². The zero-order valence-electron chi connectivity index (χ0n) is 12.4. The Balaban J connectivity index is 1.87. The largest absolute Gasteiger partial charge is 0.379 e. The van der Waals surface area contributed by atoms with Gasteiger partial charge >= 0.3 is 0 Å². The zero-order chi connectivity index (χ0) is 14.8. The molecule has 0 radical (unpaired) electrons. The van der Waals surface area contributed by atoms with E-state index in [0.29, 0.717) is 32.7 Å².